The van der Waals surface area contributed by atoms with E-state index in [1.807, 2.05) is 0 Å². The van der Waals surface area contributed by atoms with Gasteiger partial charge in [-0.2, -0.15) is 16.8 Å². The minimum Gasteiger partial charge on any atom is -0.475 e. The Morgan fingerprint density at radius 3 is 2.14 bits per heavy atom. The summed E-state index contributed by atoms with van der Waals surface area (Å²) in [6.45, 7) is -0.879. The molecule has 0 aromatic rings. The number of aliphatic hydroxyl groups excluding tert-OH is 5. The monoisotopic (exact) mass is 656 g/mol. The van der Waals surface area contributed by atoms with Gasteiger partial charge in [0, 0.05) is 11.8 Å². The van der Waals surface area contributed by atoms with Crippen LogP contribution in [-0.4, -0.2) is 150 Å². The molecular weight excluding hydrogens is 624 g/mol. The molecule has 22 heteroatoms. The number of hydrogen-bond acceptors (Lipinski definition) is 17. The number of carbonyl (C=O) groups is 1. The van der Waals surface area contributed by atoms with Crippen molar-refractivity contribution in [3.8, 4) is 0 Å². The zero-order valence-corrected chi connectivity index (χ0v) is 23.3. The maximum Gasteiger partial charge on any atom is 0.397 e. The molecule has 0 spiro atoms. The van der Waals surface area contributed by atoms with Gasteiger partial charge in [0.15, 0.2) is 6.29 Å². The van der Waals surface area contributed by atoms with E-state index in [1.165, 1.54) is 6.92 Å². The van der Waals surface area contributed by atoms with Crippen molar-refractivity contribution >= 4 is 26.8 Å². The molecule has 12 atom stereocenters. The molecule has 8 N–H and O–H groups in total. The quantitative estimate of drug-likeness (QED) is 0.0918. The molecule has 3 aliphatic rings. The van der Waals surface area contributed by atoms with Crippen molar-refractivity contribution in [2.75, 3.05) is 26.4 Å². The molecule has 0 radical (unpaired) electrons. The van der Waals surface area contributed by atoms with Crippen LogP contribution in [0.25, 0.3) is 0 Å². The van der Waals surface area contributed by atoms with Crippen LogP contribution in [0.15, 0.2) is 11.8 Å². The predicted octanol–water partition coefficient (Wildman–Crippen LogP) is -4.47. The van der Waals surface area contributed by atoms with Gasteiger partial charge in [0.1, 0.15) is 36.6 Å². The Morgan fingerprint density at radius 1 is 0.905 bits per heavy atom. The normalized spacial score (nSPS) is 39.8. The number of hydrogen-bond donors (Lipinski definition) is 8. The summed E-state index contributed by atoms with van der Waals surface area (Å²) in [6, 6.07) is 0. The molecule has 0 bridgehead atoms. The molecule has 0 aromatic heterocycles. The van der Waals surface area contributed by atoms with E-state index < -0.39 is 126 Å². The van der Waals surface area contributed by atoms with Crippen LogP contribution in [0.4, 0.5) is 0 Å². The first-order valence-electron chi connectivity index (χ1n) is 12.2. The highest BCUT2D eigenvalue weighted by Gasteiger charge is 2.48. The van der Waals surface area contributed by atoms with Crippen molar-refractivity contribution in [2.24, 2.45) is 11.8 Å². The van der Waals surface area contributed by atoms with Crippen molar-refractivity contribution in [1.29, 1.82) is 0 Å². The number of rotatable bonds is 12. The Labute approximate surface area is 238 Å². The maximum atomic E-state index is 11.2. The number of carboxylic acids is 1. The van der Waals surface area contributed by atoms with E-state index in [-0.39, 0.29) is 6.61 Å². The fourth-order valence-electron chi connectivity index (χ4n) is 4.45. The van der Waals surface area contributed by atoms with Crippen LogP contribution >= 0.6 is 0 Å². The zero-order valence-electron chi connectivity index (χ0n) is 21.6. The van der Waals surface area contributed by atoms with Gasteiger partial charge in [-0.25, -0.2) is 13.2 Å². The lowest BCUT2D eigenvalue weighted by molar-refractivity contribution is -0.298. The van der Waals surface area contributed by atoms with Crippen LogP contribution in [0.2, 0.25) is 0 Å². The third-order valence-corrected chi connectivity index (χ3v) is 7.58. The summed E-state index contributed by atoms with van der Waals surface area (Å²) in [5.41, 5.74) is 0. The zero-order chi connectivity index (χ0) is 31.6. The van der Waals surface area contributed by atoms with E-state index in [2.05, 4.69) is 8.37 Å². The molecular formula is C20H32O20S2. The molecule has 2 fully saturated rings. The Balaban J connectivity index is 1.75. The Morgan fingerprint density at radius 2 is 1.55 bits per heavy atom. The van der Waals surface area contributed by atoms with Gasteiger partial charge in [-0.05, 0) is 13.0 Å². The van der Waals surface area contributed by atoms with Crippen molar-refractivity contribution in [2.45, 2.75) is 68.3 Å². The number of aliphatic carboxylic acids is 1. The second-order valence-corrected chi connectivity index (χ2v) is 11.8. The molecule has 0 aliphatic carbocycles. The fourth-order valence-corrected chi connectivity index (χ4v) is 5.26. The molecule has 0 aromatic carbocycles. The van der Waals surface area contributed by atoms with Gasteiger partial charge < -0.3 is 54.3 Å². The van der Waals surface area contributed by atoms with Crippen LogP contribution < -0.4 is 0 Å². The third kappa shape index (κ3) is 9.20. The van der Waals surface area contributed by atoms with Crippen molar-refractivity contribution in [1.82, 2.24) is 0 Å². The molecule has 2 saturated heterocycles. The first-order chi connectivity index (χ1) is 19.4. The molecule has 3 heterocycles. The summed E-state index contributed by atoms with van der Waals surface area (Å²) in [5.74, 6) is -4.27. The smallest absolute Gasteiger partial charge is 0.397 e. The minimum absolute atomic E-state index is 0.310. The lowest BCUT2D eigenvalue weighted by Gasteiger charge is -2.43. The van der Waals surface area contributed by atoms with Gasteiger partial charge in [0.05, 0.1) is 38.6 Å². The van der Waals surface area contributed by atoms with Crippen LogP contribution in [0.1, 0.15) is 6.92 Å². The SMILES string of the molecule is CC1OC(OCC2C(COC3OC(C(=O)O)=CC(O)C3O)COC(COS(=O)(=O)O)C2O)C(O)C(OS(=O)(=O)O)C1O. The van der Waals surface area contributed by atoms with E-state index in [1.54, 1.807) is 0 Å². The van der Waals surface area contributed by atoms with Crippen LogP contribution in [-0.2, 0) is 57.6 Å². The average Bonchev–Trinajstić information content (AvgIpc) is 2.87. The van der Waals surface area contributed by atoms with E-state index in [4.69, 9.17) is 37.9 Å². The second-order valence-electron chi connectivity index (χ2n) is 9.65. The number of aliphatic hydroxyl groups is 5. The summed E-state index contributed by atoms with van der Waals surface area (Å²) in [5, 5.41) is 60.8. The summed E-state index contributed by atoms with van der Waals surface area (Å²) in [6.07, 6.45) is -15.8. The molecule has 42 heavy (non-hydrogen) atoms. The van der Waals surface area contributed by atoms with Gasteiger partial charge in [-0.15, -0.1) is 0 Å². The van der Waals surface area contributed by atoms with Gasteiger partial charge >= 0.3 is 26.8 Å². The van der Waals surface area contributed by atoms with Gasteiger partial charge in [-0.3, -0.25) is 9.11 Å². The summed E-state index contributed by atoms with van der Waals surface area (Å²) in [7, 11) is -10.1. The summed E-state index contributed by atoms with van der Waals surface area (Å²) >= 11 is 0. The van der Waals surface area contributed by atoms with Crippen LogP contribution in [0.3, 0.4) is 0 Å². The third-order valence-electron chi connectivity index (χ3n) is 6.68. The molecule has 20 nitrogen and oxygen atoms in total. The summed E-state index contributed by atoms with van der Waals surface area (Å²) < 4.78 is 97.7. The van der Waals surface area contributed by atoms with Gasteiger partial charge in [-0.1, -0.05) is 0 Å². The largest absolute Gasteiger partial charge is 0.475 e. The first-order valence-corrected chi connectivity index (χ1v) is 14.9. The number of carboxylic acid groups (broad SMARTS) is 1. The van der Waals surface area contributed by atoms with E-state index in [0.29, 0.717) is 0 Å². The highest BCUT2D eigenvalue weighted by atomic mass is 32.3. The Hall–Kier alpha value is -1.61. The molecule has 3 rings (SSSR count). The predicted molar refractivity (Wildman–Crippen MR) is 128 cm³/mol. The molecule has 244 valence electrons. The minimum atomic E-state index is -5.13. The summed E-state index contributed by atoms with van der Waals surface area (Å²) in [4.78, 5) is 11.2. The van der Waals surface area contributed by atoms with Crippen molar-refractivity contribution in [3.05, 3.63) is 11.8 Å². The van der Waals surface area contributed by atoms with Crippen LogP contribution in [0.5, 0.6) is 0 Å². The van der Waals surface area contributed by atoms with Crippen molar-refractivity contribution in [3.63, 3.8) is 0 Å². The van der Waals surface area contributed by atoms with E-state index >= 15 is 0 Å². The molecule has 0 saturated carbocycles. The fraction of sp³-hybridized carbons (Fsp3) is 0.850. The lowest BCUT2D eigenvalue weighted by atomic mass is 9.84. The topological polar surface area (TPSA) is 312 Å². The van der Waals surface area contributed by atoms with E-state index in [9.17, 15) is 47.2 Å². The molecule has 12 unspecified atom stereocenters. The Kier molecular flexibility index (Phi) is 11.6. The van der Waals surface area contributed by atoms with Crippen LogP contribution in [0, 0.1) is 11.8 Å². The lowest BCUT2D eigenvalue weighted by Crippen LogP contribution is -2.59. The average molecular weight is 657 g/mol. The maximum absolute atomic E-state index is 11.2. The highest BCUT2D eigenvalue weighted by Crippen LogP contribution is 2.32. The molecule has 3 aliphatic heterocycles. The second kappa shape index (κ2) is 14.0. The standard InChI is InChI=1S/C20H32O20S2/c1-7-13(22)17(40-42(31,32)33)16(25)20(38-7)36-5-9-8(3-34-12(14(9)23)6-37-41(28,29)30)4-35-19-15(24)10(21)2-11(39-19)18(26)27/h2,7-10,12-17,19-25H,3-6H2,1H3,(H,26,27)(H,28,29,30)(H,31,32,33). The van der Waals surface area contributed by atoms with E-state index in [0.717, 1.165) is 6.08 Å². The first kappa shape index (κ1) is 34.9. The van der Waals surface area contributed by atoms with Gasteiger partial charge in [0.25, 0.3) is 0 Å². The number of ether oxygens (including phenoxy) is 5. The van der Waals surface area contributed by atoms with Crippen molar-refractivity contribution < 1.29 is 93.4 Å². The Bertz CT molecular complexity index is 1170. The molecule has 0 amide bonds. The highest BCUT2D eigenvalue weighted by molar-refractivity contribution is 7.81. The van der Waals surface area contributed by atoms with Gasteiger partial charge in [0.2, 0.25) is 12.0 Å².